The van der Waals surface area contributed by atoms with Crippen LogP contribution in [-0.2, 0) is 17.1 Å². The van der Waals surface area contributed by atoms with E-state index in [0.717, 1.165) is 5.56 Å². The summed E-state index contributed by atoms with van der Waals surface area (Å²) in [5.74, 6) is 6.23. The van der Waals surface area contributed by atoms with Crippen molar-refractivity contribution in [3.05, 3.63) is 41.9 Å². The number of hydrogen-bond acceptors (Lipinski definition) is 4. The van der Waals surface area contributed by atoms with Crippen LogP contribution in [0.25, 0.3) is 0 Å². The molecule has 2 aromatic rings. The Morgan fingerprint density at radius 3 is 2.52 bits per heavy atom. The summed E-state index contributed by atoms with van der Waals surface area (Å²) in [5, 5.41) is -0.00509. The molecule has 6 nitrogen and oxygen atoms in total. The van der Waals surface area contributed by atoms with Crippen molar-refractivity contribution in [1.82, 2.24) is 9.55 Å². The number of sulfonamides is 1. The first-order chi connectivity index (χ1) is 9.92. The SMILES string of the molecule is Cc1nc(S(=O)(=O)Nc2ccc(C#CCN)cc2)cn1C. The maximum atomic E-state index is 12.2. The number of nitrogens with zero attached hydrogens (tertiary/aromatic N) is 2. The molecule has 0 aliphatic heterocycles. The molecule has 3 N–H and O–H groups in total. The van der Waals surface area contributed by atoms with Crippen LogP contribution in [0, 0.1) is 18.8 Å². The molecule has 0 saturated carbocycles. The molecule has 0 atom stereocenters. The van der Waals surface area contributed by atoms with Crippen molar-refractivity contribution in [2.45, 2.75) is 11.9 Å². The van der Waals surface area contributed by atoms with Crippen LogP contribution in [0.15, 0.2) is 35.5 Å². The standard InChI is InChI=1S/C14H16N4O2S/c1-11-16-14(10-18(11)2)21(19,20)17-13-7-5-12(6-8-13)4-3-9-15/h5-8,10,17H,9,15H2,1-2H3. The molecule has 0 bridgehead atoms. The van der Waals surface area contributed by atoms with Crippen LogP contribution >= 0.6 is 0 Å². The van der Waals surface area contributed by atoms with Crippen LogP contribution in [0.4, 0.5) is 5.69 Å². The average Bonchev–Trinajstić information content (AvgIpc) is 2.78. The smallest absolute Gasteiger partial charge is 0.280 e. The van der Waals surface area contributed by atoms with Gasteiger partial charge >= 0.3 is 0 Å². The van der Waals surface area contributed by atoms with E-state index < -0.39 is 10.0 Å². The number of nitrogens with one attached hydrogen (secondary N) is 1. The lowest BCUT2D eigenvalue weighted by molar-refractivity contribution is 0.598. The topological polar surface area (TPSA) is 90.0 Å². The molecule has 2 rings (SSSR count). The lowest BCUT2D eigenvalue weighted by atomic mass is 10.2. The van der Waals surface area contributed by atoms with Gasteiger partial charge in [-0.15, -0.1) is 0 Å². The Balaban J connectivity index is 2.20. The minimum absolute atomic E-state index is 0.00509. The molecule has 0 saturated heterocycles. The molecular weight excluding hydrogens is 288 g/mol. The zero-order chi connectivity index (χ0) is 15.5. The molecule has 110 valence electrons. The fraction of sp³-hybridized carbons (Fsp3) is 0.214. The van der Waals surface area contributed by atoms with Crippen LogP contribution in [0.2, 0.25) is 0 Å². The van der Waals surface area contributed by atoms with Gasteiger partial charge in [-0.3, -0.25) is 4.72 Å². The van der Waals surface area contributed by atoms with E-state index in [4.69, 9.17) is 5.73 Å². The number of anilines is 1. The largest absolute Gasteiger partial charge is 0.337 e. The minimum Gasteiger partial charge on any atom is -0.337 e. The fourth-order valence-corrected chi connectivity index (χ4v) is 2.74. The molecule has 1 aromatic heterocycles. The molecule has 0 aliphatic rings. The Hall–Kier alpha value is -2.30. The number of aryl methyl sites for hydroxylation is 2. The van der Waals surface area contributed by atoms with E-state index in [1.54, 1.807) is 42.8 Å². The molecule has 7 heteroatoms. The molecule has 0 radical (unpaired) electrons. The number of hydrogen-bond donors (Lipinski definition) is 2. The second-order valence-electron chi connectivity index (χ2n) is 4.43. The molecule has 0 amide bonds. The summed E-state index contributed by atoms with van der Waals surface area (Å²) in [7, 11) is -1.94. The molecule has 1 heterocycles. The van der Waals surface area contributed by atoms with Gasteiger partial charge in [0.1, 0.15) is 5.82 Å². The Morgan fingerprint density at radius 1 is 1.33 bits per heavy atom. The van der Waals surface area contributed by atoms with Gasteiger partial charge in [-0.05, 0) is 31.2 Å². The second kappa shape index (κ2) is 5.99. The molecule has 0 fully saturated rings. The van der Waals surface area contributed by atoms with Gasteiger partial charge in [0.15, 0.2) is 5.03 Å². The lowest BCUT2D eigenvalue weighted by Crippen LogP contribution is -2.13. The normalized spacial score (nSPS) is 10.8. The first kappa shape index (κ1) is 15.1. The number of rotatable bonds is 3. The van der Waals surface area contributed by atoms with Gasteiger partial charge in [0, 0.05) is 24.5 Å². The van der Waals surface area contributed by atoms with E-state index in [0.29, 0.717) is 11.5 Å². The molecule has 0 aliphatic carbocycles. The van der Waals surface area contributed by atoms with Gasteiger partial charge in [0.05, 0.1) is 6.54 Å². The second-order valence-corrected chi connectivity index (χ2v) is 6.06. The van der Waals surface area contributed by atoms with Crippen LogP contribution in [0.1, 0.15) is 11.4 Å². The summed E-state index contributed by atoms with van der Waals surface area (Å²) in [5.41, 5.74) is 6.52. The van der Waals surface area contributed by atoms with E-state index in [2.05, 4.69) is 21.5 Å². The van der Waals surface area contributed by atoms with Gasteiger partial charge in [-0.1, -0.05) is 11.8 Å². The summed E-state index contributed by atoms with van der Waals surface area (Å²) in [6, 6.07) is 6.75. The Labute approximate surface area is 124 Å². The van der Waals surface area contributed by atoms with Crippen molar-refractivity contribution >= 4 is 15.7 Å². The summed E-state index contributed by atoms with van der Waals surface area (Å²) in [4.78, 5) is 4.01. The Morgan fingerprint density at radius 2 is 2.00 bits per heavy atom. The third-order valence-corrected chi connectivity index (χ3v) is 4.09. The number of nitrogens with two attached hydrogens (primary N) is 1. The quantitative estimate of drug-likeness (QED) is 0.822. The summed E-state index contributed by atoms with van der Waals surface area (Å²) in [6.07, 6.45) is 1.47. The minimum atomic E-state index is -3.68. The average molecular weight is 304 g/mol. The number of aromatic nitrogens is 2. The highest BCUT2D eigenvalue weighted by molar-refractivity contribution is 7.92. The van der Waals surface area contributed by atoms with Crippen LogP contribution < -0.4 is 10.5 Å². The van der Waals surface area contributed by atoms with E-state index in [1.807, 2.05) is 0 Å². The van der Waals surface area contributed by atoms with Gasteiger partial charge in [0.2, 0.25) is 0 Å². The molecule has 0 spiro atoms. The molecule has 0 unspecified atom stereocenters. The monoisotopic (exact) mass is 304 g/mol. The zero-order valence-corrected chi connectivity index (χ0v) is 12.6. The molecule has 21 heavy (non-hydrogen) atoms. The summed E-state index contributed by atoms with van der Waals surface area (Å²) in [6.45, 7) is 2.03. The maximum Gasteiger partial charge on any atom is 0.280 e. The molecule has 1 aromatic carbocycles. The third kappa shape index (κ3) is 3.62. The van der Waals surface area contributed by atoms with Crippen molar-refractivity contribution in [3.63, 3.8) is 0 Å². The first-order valence-electron chi connectivity index (χ1n) is 6.24. The van der Waals surface area contributed by atoms with Crippen LogP contribution in [0.5, 0.6) is 0 Å². The van der Waals surface area contributed by atoms with Crippen molar-refractivity contribution in [1.29, 1.82) is 0 Å². The third-order valence-electron chi connectivity index (χ3n) is 2.83. The van der Waals surface area contributed by atoms with Crippen molar-refractivity contribution in [2.24, 2.45) is 12.8 Å². The molecular formula is C14H16N4O2S. The van der Waals surface area contributed by atoms with E-state index >= 15 is 0 Å². The Kier molecular flexibility index (Phi) is 4.31. The van der Waals surface area contributed by atoms with E-state index in [-0.39, 0.29) is 11.6 Å². The van der Waals surface area contributed by atoms with E-state index in [9.17, 15) is 8.42 Å². The summed E-state index contributed by atoms with van der Waals surface area (Å²) >= 11 is 0. The van der Waals surface area contributed by atoms with Crippen LogP contribution in [0.3, 0.4) is 0 Å². The van der Waals surface area contributed by atoms with E-state index in [1.165, 1.54) is 6.20 Å². The van der Waals surface area contributed by atoms with Crippen LogP contribution in [-0.4, -0.2) is 24.5 Å². The van der Waals surface area contributed by atoms with Crippen molar-refractivity contribution in [2.75, 3.05) is 11.3 Å². The lowest BCUT2D eigenvalue weighted by Gasteiger charge is -2.05. The highest BCUT2D eigenvalue weighted by atomic mass is 32.2. The summed E-state index contributed by atoms with van der Waals surface area (Å²) < 4.78 is 28.5. The first-order valence-corrected chi connectivity index (χ1v) is 7.72. The highest BCUT2D eigenvalue weighted by Crippen LogP contribution is 2.15. The van der Waals surface area contributed by atoms with Gasteiger partial charge in [-0.2, -0.15) is 8.42 Å². The van der Waals surface area contributed by atoms with Crippen molar-refractivity contribution < 1.29 is 8.42 Å². The number of imidazole rings is 1. The maximum absolute atomic E-state index is 12.2. The van der Waals surface area contributed by atoms with Gasteiger partial charge in [0.25, 0.3) is 10.0 Å². The number of benzene rings is 1. The fourth-order valence-electron chi connectivity index (χ4n) is 1.64. The van der Waals surface area contributed by atoms with Gasteiger partial charge in [-0.25, -0.2) is 4.98 Å². The zero-order valence-electron chi connectivity index (χ0n) is 11.8. The highest BCUT2D eigenvalue weighted by Gasteiger charge is 2.18. The van der Waals surface area contributed by atoms with Crippen molar-refractivity contribution in [3.8, 4) is 11.8 Å². The predicted octanol–water partition coefficient (Wildman–Crippen LogP) is 0.840. The predicted molar refractivity (Wildman–Crippen MR) is 81.1 cm³/mol. The Bertz CT molecular complexity index is 776. The van der Waals surface area contributed by atoms with Gasteiger partial charge < -0.3 is 10.3 Å².